The van der Waals surface area contributed by atoms with Crippen molar-refractivity contribution in [1.29, 1.82) is 0 Å². The quantitative estimate of drug-likeness (QED) is 0.882. The fourth-order valence-corrected chi connectivity index (χ4v) is 2.56. The third kappa shape index (κ3) is 5.02. The van der Waals surface area contributed by atoms with Crippen LogP contribution in [0.15, 0.2) is 24.3 Å². The lowest BCUT2D eigenvalue weighted by Crippen LogP contribution is -2.46. The first-order chi connectivity index (χ1) is 10.0. The minimum Gasteiger partial charge on any atom is -0.391 e. The minimum atomic E-state index is -0.380. The van der Waals surface area contributed by atoms with E-state index < -0.39 is 0 Å². The molecule has 2 amide bonds. The first kappa shape index (κ1) is 15.8. The number of likely N-dealkylation sites (tertiary alicyclic amines) is 1. The van der Waals surface area contributed by atoms with Gasteiger partial charge in [-0.1, -0.05) is 24.3 Å². The highest BCUT2D eigenvalue weighted by atomic mass is 16.3. The maximum Gasteiger partial charge on any atom is 0.317 e. The van der Waals surface area contributed by atoms with Gasteiger partial charge in [-0.15, -0.1) is 0 Å². The Morgan fingerprint density at radius 3 is 2.62 bits per heavy atom. The predicted octanol–water partition coefficient (Wildman–Crippen LogP) is 1.41. The van der Waals surface area contributed by atoms with Gasteiger partial charge in [-0.25, -0.2) is 4.79 Å². The summed E-state index contributed by atoms with van der Waals surface area (Å²) in [6.45, 7) is 2.60. The molecule has 1 atom stereocenters. The van der Waals surface area contributed by atoms with Gasteiger partial charge in [0.2, 0.25) is 0 Å². The van der Waals surface area contributed by atoms with Gasteiger partial charge in [-0.05, 0) is 38.1 Å². The fraction of sp³-hybridized carbons (Fsp3) is 0.562. The van der Waals surface area contributed by atoms with E-state index in [0.717, 1.165) is 31.5 Å². The molecule has 2 rings (SSSR count). The Kier molecular flexibility index (Phi) is 5.59. The molecule has 0 radical (unpaired) electrons. The van der Waals surface area contributed by atoms with Crippen LogP contribution in [-0.4, -0.2) is 54.2 Å². The number of carbonyl (C=O) groups excluding carboxylic acids is 1. The summed E-state index contributed by atoms with van der Waals surface area (Å²) < 4.78 is 0. The summed E-state index contributed by atoms with van der Waals surface area (Å²) in [6.07, 6.45) is 1.28. The number of carbonyl (C=O) groups is 1. The number of benzene rings is 1. The maximum absolute atomic E-state index is 12.0. The Labute approximate surface area is 126 Å². The molecule has 1 unspecified atom stereocenters. The van der Waals surface area contributed by atoms with Gasteiger partial charge >= 0.3 is 6.03 Å². The second-order valence-corrected chi connectivity index (χ2v) is 5.96. The van der Waals surface area contributed by atoms with E-state index in [0.29, 0.717) is 13.1 Å². The number of piperidine rings is 1. The van der Waals surface area contributed by atoms with Crippen LogP contribution in [0, 0.1) is 0 Å². The van der Waals surface area contributed by atoms with E-state index in [2.05, 4.69) is 22.3 Å². The van der Waals surface area contributed by atoms with Crippen molar-refractivity contribution in [3.8, 4) is 0 Å². The number of aliphatic hydroxyl groups excluding tert-OH is 1. The molecule has 1 aromatic carbocycles. The number of nitrogens with one attached hydrogen (secondary N) is 1. The van der Waals surface area contributed by atoms with Gasteiger partial charge in [0.25, 0.3) is 0 Å². The topological polar surface area (TPSA) is 55.8 Å². The molecular formula is C16H25N3O2. The standard InChI is InChI=1S/C16H25N3O2/c1-18(2)11-14-7-5-13(6-8-14)10-17-16(21)19-9-3-4-15(20)12-19/h5-8,15,20H,3-4,9-12H2,1-2H3,(H,17,21). The molecule has 0 saturated carbocycles. The first-order valence-electron chi connectivity index (χ1n) is 7.48. The summed E-state index contributed by atoms with van der Waals surface area (Å²) in [6, 6.07) is 8.18. The van der Waals surface area contributed by atoms with Crippen molar-refractivity contribution in [3.63, 3.8) is 0 Å². The number of urea groups is 1. The molecule has 1 heterocycles. The van der Waals surface area contributed by atoms with Crippen molar-refractivity contribution in [2.24, 2.45) is 0 Å². The van der Waals surface area contributed by atoms with Crippen LogP contribution in [0.2, 0.25) is 0 Å². The average molecular weight is 291 g/mol. The molecule has 0 bridgehead atoms. The number of rotatable bonds is 4. The normalized spacial score (nSPS) is 18.9. The van der Waals surface area contributed by atoms with E-state index in [4.69, 9.17) is 0 Å². The van der Waals surface area contributed by atoms with Crippen molar-refractivity contribution in [2.45, 2.75) is 32.0 Å². The summed E-state index contributed by atoms with van der Waals surface area (Å²) in [5.74, 6) is 0. The smallest absolute Gasteiger partial charge is 0.317 e. The van der Waals surface area contributed by atoms with Crippen LogP contribution in [0.4, 0.5) is 4.79 Å². The van der Waals surface area contributed by atoms with E-state index in [1.54, 1.807) is 4.90 Å². The molecule has 21 heavy (non-hydrogen) atoms. The lowest BCUT2D eigenvalue weighted by atomic mass is 10.1. The zero-order valence-corrected chi connectivity index (χ0v) is 12.9. The number of β-amino-alcohol motifs (C(OH)–C–C–N with tert-alkyl or cyclic N) is 1. The van der Waals surface area contributed by atoms with E-state index in [1.807, 2.05) is 26.2 Å². The fourth-order valence-electron chi connectivity index (χ4n) is 2.56. The molecule has 2 N–H and O–H groups in total. The van der Waals surface area contributed by atoms with Crippen molar-refractivity contribution in [3.05, 3.63) is 35.4 Å². The van der Waals surface area contributed by atoms with Gasteiger partial charge in [0.15, 0.2) is 0 Å². The highest BCUT2D eigenvalue weighted by Gasteiger charge is 2.21. The molecule has 1 fully saturated rings. The third-order valence-corrected chi connectivity index (χ3v) is 3.65. The van der Waals surface area contributed by atoms with Crippen molar-refractivity contribution < 1.29 is 9.90 Å². The second kappa shape index (κ2) is 7.43. The minimum absolute atomic E-state index is 0.0916. The van der Waals surface area contributed by atoms with Crippen LogP contribution < -0.4 is 5.32 Å². The van der Waals surface area contributed by atoms with Gasteiger partial charge in [0, 0.05) is 26.2 Å². The zero-order chi connectivity index (χ0) is 15.2. The van der Waals surface area contributed by atoms with Gasteiger partial charge in [-0.2, -0.15) is 0 Å². The largest absolute Gasteiger partial charge is 0.391 e. The van der Waals surface area contributed by atoms with E-state index >= 15 is 0 Å². The van der Waals surface area contributed by atoms with Crippen molar-refractivity contribution in [1.82, 2.24) is 15.1 Å². The van der Waals surface area contributed by atoms with E-state index in [1.165, 1.54) is 5.56 Å². The number of hydrogen-bond acceptors (Lipinski definition) is 3. The van der Waals surface area contributed by atoms with Gasteiger partial charge < -0.3 is 20.2 Å². The van der Waals surface area contributed by atoms with Crippen LogP contribution in [0.25, 0.3) is 0 Å². The SMILES string of the molecule is CN(C)Cc1ccc(CNC(=O)N2CCCC(O)C2)cc1. The Balaban J connectivity index is 1.80. The molecule has 1 aliphatic heterocycles. The molecule has 116 valence electrons. The molecule has 0 aromatic heterocycles. The van der Waals surface area contributed by atoms with Gasteiger partial charge in [0.05, 0.1) is 6.10 Å². The van der Waals surface area contributed by atoms with Crippen LogP contribution in [0.1, 0.15) is 24.0 Å². The van der Waals surface area contributed by atoms with Gasteiger partial charge in [0.1, 0.15) is 0 Å². The number of hydrogen-bond donors (Lipinski definition) is 2. The third-order valence-electron chi connectivity index (χ3n) is 3.65. The van der Waals surface area contributed by atoms with Crippen LogP contribution >= 0.6 is 0 Å². The summed E-state index contributed by atoms with van der Waals surface area (Å²) in [5.41, 5.74) is 2.35. The van der Waals surface area contributed by atoms with Crippen molar-refractivity contribution in [2.75, 3.05) is 27.2 Å². The van der Waals surface area contributed by atoms with E-state index in [-0.39, 0.29) is 12.1 Å². The summed E-state index contributed by atoms with van der Waals surface area (Å²) in [5, 5.41) is 12.5. The molecule has 5 nitrogen and oxygen atoms in total. The molecule has 0 spiro atoms. The molecule has 5 heteroatoms. The lowest BCUT2D eigenvalue weighted by molar-refractivity contribution is 0.0842. The number of nitrogens with zero attached hydrogens (tertiary/aromatic N) is 2. The Hall–Kier alpha value is -1.59. The highest BCUT2D eigenvalue weighted by molar-refractivity contribution is 5.74. The zero-order valence-electron chi connectivity index (χ0n) is 12.9. The number of aliphatic hydroxyl groups is 1. The van der Waals surface area contributed by atoms with E-state index in [9.17, 15) is 9.90 Å². The molecule has 1 aliphatic rings. The first-order valence-corrected chi connectivity index (χ1v) is 7.48. The molecule has 0 aliphatic carbocycles. The molecule has 1 aromatic rings. The highest BCUT2D eigenvalue weighted by Crippen LogP contribution is 2.10. The maximum atomic E-state index is 12.0. The monoisotopic (exact) mass is 291 g/mol. The van der Waals surface area contributed by atoms with Crippen molar-refractivity contribution >= 4 is 6.03 Å². The number of amides is 2. The Bertz CT molecular complexity index is 459. The lowest BCUT2D eigenvalue weighted by Gasteiger charge is -2.30. The predicted molar refractivity (Wildman–Crippen MR) is 82.9 cm³/mol. The average Bonchev–Trinajstić information content (AvgIpc) is 2.45. The Morgan fingerprint density at radius 1 is 1.33 bits per heavy atom. The molecular weight excluding hydrogens is 266 g/mol. The van der Waals surface area contributed by atoms with Crippen LogP contribution in [0.3, 0.4) is 0 Å². The van der Waals surface area contributed by atoms with Gasteiger partial charge in [-0.3, -0.25) is 0 Å². The Morgan fingerprint density at radius 2 is 2.00 bits per heavy atom. The summed E-state index contributed by atoms with van der Waals surface area (Å²) >= 11 is 0. The second-order valence-electron chi connectivity index (χ2n) is 5.96. The van der Waals surface area contributed by atoms with Crippen LogP contribution in [0.5, 0.6) is 0 Å². The van der Waals surface area contributed by atoms with Crippen LogP contribution in [-0.2, 0) is 13.1 Å². The molecule has 1 saturated heterocycles. The summed E-state index contributed by atoms with van der Waals surface area (Å²) in [7, 11) is 4.09. The summed E-state index contributed by atoms with van der Waals surface area (Å²) in [4.78, 5) is 15.8.